The molecule has 2 aromatic carbocycles. The monoisotopic (exact) mass is 403 g/mol. The second-order valence-electron chi connectivity index (χ2n) is 6.62. The van der Waals surface area contributed by atoms with Crippen molar-refractivity contribution in [2.45, 2.75) is 6.92 Å². The summed E-state index contributed by atoms with van der Waals surface area (Å²) in [4.78, 5) is 21.8. The van der Waals surface area contributed by atoms with E-state index in [1.165, 1.54) is 11.3 Å². The van der Waals surface area contributed by atoms with Crippen molar-refractivity contribution < 1.29 is 0 Å². The summed E-state index contributed by atoms with van der Waals surface area (Å²) in [5.74, 6) is 0. The third kappa shape index (κ3) is 2.80. The molecule has 0 aliphatic rings. The fourth-order valence-electron chi connectivity index (χ4n) is 3.34. The first-order chi connectivity index (χ1) is 13.6. The van der Waals surface area contributed by atoms with Crippen molar-refractivity contribution in [2.75, 3.05) is 0 Å². The molecule has 0 saturated carbocycles. The van der Waals surface area contributed by atoms with Gasteiger partial charge in [0.15, 0.2) is 5.13 Å². The third-order valence-electron chi connectivity index (χ3n) is 4.69. The number of rotatable bonds is 2. The predicted octanol–water partition coefficient (Wildman–Crippen LogP) is 5.62. The van der Waals surface area contributed by atoms with Crippen LogP contribution in [0.25, 0.3) is 37.2 Å². The summed E-state index contributed by atoms with van der Waals surface area (Å²) in [6.07, 6.45) is 5.06. The number of benzene rings is 2. The lowest BCUT2D eigenvalue weighted by atomic mass is 10.0. The first-order valence-electron chi connectivity index (χ1n) is 8.73. The summed E-state index contributed by atoms with van der Waals surface area (Å²) in [5, 5.41) is 2.80. The van der Waals surface area contributed by atoms with Crippen LogP contribution in [0, 0.1) is 6.92 Å². The van der Waals surface area contributed by atoms with E-state index in [0.717, 1.165) is 32.3 Å². The smallest absolute Gasteiger partial charge is 0.266 e. The van der Waals surface area contributed by atoms with E-state index in [1.807, 2.05) is 49.4 Å². The van der Waals surface area contributed by atoms with E-state index in [1.54, 1.807) is 23.2 Å². The van der Waals surface area contributed by atoms with Crippen LogP contribution >= 0.6 is 22.9 Å². The van der Waals surface area contributed by atoms with Crippen LogP contribution in [0.3, 0.4) is 0 Å². The molecule has 5 aromatic rings. The summed E-state index contributed by atoms with van der Waals surface area (Å²) in [7, 11) is 0. The lowest BCUT2D eigenvalue weighted by molar-refractivity contribution is 0.993. The quantitative estimate of drug-likeness (QED) is 0.384. The van der Waals surface area contributed by atoms with Crippen LogP contribution in [0.5, 0.6) is 0 Å². The Hall–Kier alpha value is -3.02. The molecular weight excluding hydrogens is 390 g/mol. The summed E-state index contributed by atoms with van der Waals surface area (Å²) in [6.45, 7) is 2.05. The van der Waals surface area contributed by atoms with Crippen LogP contribution in [0.15, 0.2) is 71.9 Å². The molecule has 0 saturated heterocycles. The highest BCUT2D eigenvalue weighted by atomic mass is 35.5. The SMILES string of the molecule is Cc1cc(-c2ccc(Cl)cc2)c2sc(-n3ccc4ccncc4c3=O)nc2c1. The van der Waals surface area contributed by atoms with Gasteiger partial charge in [0.25, 0.3) is 5.56 Å². The van der Waals surface area contributed by atoms with Crippen LogP contribution in [0.1, 0.15) is 5.56 Å². The maximum atomic E-state index is 12.9. The van der Waals surface area contributed by atoms with Crippen LogP contribution in [-0.4, -0.2) is 14.5 Å². The summed E-state index contributed by atoms with van der Waals surface area (Å²) in [6, 6.07) is 15.7. The molecule has 0 fully saturated rings. The second-order valence-corrected chi connectivity index (χ2v) is 8.03. The zero-order valence-corrected chi connectivity index (χ0v) is 16.5. The molecule has 0 bridgehead atoms. The molecule has 136 valence electrons. The third-order valence-corrected chi connectivity index (χ3v) is 6.05. The molecule has 0 atom stereocenters. The Bertz CT molecular complexity index is 1400. The molecular formula is C22H14ClN3OS. The van der Waals surface area contributed by atoms with Gasteiger partial charge in [-0.05, 0) is 59.8 Å². The van der Waals surface area contributed by atoms with Crippen molar-refractivity contribution >= 4 is 43.9 Å². The Morgan fingerprint density at radius 3 is 2.71 bits per heavy atom. The molecule has 0 spiro atoms. The maximum Gasteiger partial charge on any atom is 0.266 e. The summed E-state index contributed by atoms with van der Waals surface area (Å²) in [5.41, 5.74) is 4.04. The van der Waals surface area contributed by atoms with Gasteiger partial charge in [0.1, 0.15) is 0 Å². The number of aryl methyl sites for hydroxylation is 1. The average molecular weight is 404 g/mol. The van der Waals surface area contributed by atoms with Gasteiger partial charge >= 0.3 is 0 Å². The molecule has 3 aromatic heterocycles. The zero-order chi connectivity index (χ0) is 19.3. The van der Waals surface area contributed by atoms with E-state index >= 15 is 0 Å². The van der Waals surface area contributed by atoms with Crippen molar-refractivity contribution in [3.63, 3.8) is 0 Å². The molecule has 0 unspecified atom stereocenters. The molecule has 0 amide bonds. The lowest BCUT2D eigenvalue weighted by Gasteiger charge is -2.05. The van der Waals surface area contributed by atoms with E-state index in [0.29, 0.717) is 15.5 Å². The van der Waals surface area contributed by atoms with Gasteiger partial charge in [0.05, 0.1) is 15.6 Å². The highest BCUT2D eigenvalue weighted by molar-refractivity contribution is 7.21. The maximum absolute atomic E-state index is 12.9. The molecule has 28 heavy (non-hydrogen) atoms. The number of aromatic nitrogens is 3. The predicted molar refractivity (Wildman–Crippen MR) is 116 cm³/mol. The number of hydrogen-bond acceptors (Lipinski definition) is 4. The van der Waals surface area contributed by atoms with E-state index < -0.39 is 0 Å². The van der Waals surface area contributed by atoms with Crippen LogP contribution < -0.4 is 5.56 Å². The number of pyridine rings is 2. The topological polar surface area (TPSA) is 47.8 Å². The number of thiazole rings is 1. The van der Waals surface area contributed by atoms with Gasteiger partial charge in [-0.15, -0.1) is 0 Å². The normalized spacial score (nSPS) is 11.4. The highest BCUT2D eigenvalue weighted by Gasteiger charge is 2.14. The Morgan fingerprint density at radius 1 is 1.07 bits per heavy atom. The molecule has 3 heterocycles. The van der Waals surface area contributed by atoms with Crippen molar-refractivity contribution in [2.24, 2.45) is 0 Å². The van der Waals surface area contributed by atoms with Crippen LogP contribution in [-0.2, 0) is 0 Å². The molecule has 4 nitrogen and oxygen atoms in total. The van der Waals surface area contributed by atoms with Crippen molar-refractivity contribution in [3.05, 3.63) is 88.1 Å². The summed E-state index contributed by atoms with van der Waals surface area (Å²) < 4.78 is 2.64. The Kier molecular flexibility index (Phi) is 4.00. The minimum Gasteiger partial charge on any atom is -0.268 e. The first kappa shape index (κ1) is 17.1. The van der Waals surface area contributed by atoms with Crippen LogP contribution in [0.2, 0.25) is 5.02 Å². The van der Waals surface area contributed by atoms with E-state index in [4.69, 9.17) is 16.6 Å². The van der Waals surface area contributed by atoms with E-state index in [2.05, 4.69) is 11.1 Å². The van der Waals surface area contributed by atoms with Crippen LogP contribution in [0.4, 0.5) is 0 Å². The Morgan fingerprint density at radius 2 is 1.89 bits per heavy atom. The lowest BCUT2D eigenvalue weighted by Crippen LogP contribution is -2.17. The molecule has 0 aliphatic heterocycles. The molecule has 5 rings (SSSR count). The first-order valence-corrected chi connectivity index (χ1v) is 9.92. The van der Waals surface area contributed by atoms with Gasteiger partial charge in [-0.3, -0.25) is 14.3 Å². The van der Waals surface area contributed by atoms with Gasteiger partial charge in [-0.2, -0.15) is 0 Å². The molecule has 0 aliphatic carbocycles. The number of halogens is 1. The molecule has 0 radical (unpaired) electrons. The highest BCUT2D eigenvalue weighted by Crippen LogP contribution is 2.35. The molecule has 6 heteroatoms. The Labute approximate surface area is 169 Å². The Balaban J connectivity index is 1.75. The average Bonchev–Trinajstić information content (AvgIpc) is 3.12. The van der Waals surface area contributed by atoms with E-state index in [-0.39, 0.29) is 5.56 Å². The van der Waals surface area contributed by atoms with Crippen molar-refractivity contribution in [1.82, 2.24) is 14.5 Å². The number of fused-ring (bicyclic) bond motifs is 2. The van der Waals surface area contributed by atoms with Gasteiger partial charge in [-0.1, -0.05) is 35.1 Å². The largest absolute Gasteiger partial charge is 0.268 e. The number of hydrogen-bond donors (Lipinski definition) is 0. The van der Waals surface area contributed by atoms with E-state index in [9.17, 15) is 4.79 Å². The van der Waals surface area contributed by atoms with Gasteiger partial charge < -0.3 is 0 Å². The summed E-state index contributed by atoms with van der Waals surface area (Å²) >= 11 is 7.55. The minimum atomic E-state index is -0.116. The van der Waals surface area contributed by atoms with Gasteiger partial charge in [0.2, 0.25) is 0 Å². The zero-order valence-electron chi connectivity index (χ0n) is 14.9. The molecule has 0 N–H and O–H groups in total. The number of nitrogens with zero attached hydrogens (tertiary/aromatic N) is 3. The van der Waals surface area contributed by atoms with Crippen molar-refractivity contribution in [3.8, 4) is 16.3 Å². The standard InChI is InChI=1S/C22H14ClN3OS/c1-13-10-17(14-2-4-16(23)5-3-14)20-19(11-13)25-22(28-20)26-9-7-15-6-8-24-12-18(15)21(26)27/h2-12H,1H3. The fourth-order valence-corrected chi connectivity index (χ4v) is 4.53. The van der Waals surface area contributed by atoms with Crippen molar-refractivity contribution in [1.29, 1.82) is 0 Å². The van der Waals surface area contributed by atoms with Gasteiger partial charge in [-0.25, -0.2) is 4.98 Å². The minimum absolute atomic E-state index is 0.116. The second kappa shape index (κ2) is 6.55. The fraction of sp³-hybridized carbons (Fsp3) is 0.0455. The van der Waals surface area contributed by atoms with Gasteiger partial charge in [0, 0.05) is 29.2 Å².